The van der Waals surface area contributed by atoms with Gasteiger partial charge in [0.15, 0.2) is 5.58 Å². The molecule has 0 spiro atoms. The number of alkyl halides is 2. The lowest BCUT2D eigenvalue weighted by Crippen LogP contribution is -2.23. The number of fused-ring (bicyclic) bond motifs is 1. The van der Waals surface area contributed by atoms with Crippen LogP contribution in [0.2, 0.25) is 0 Å². The van der Waals surface area contributed by atoms with Crippen molar-refractivity contribution in [1.82, 2.24) is 10.3 Å². The monoisotopic (exact) mass is 440 g/mol. The van der Waals surface area contributed by atoms with E-state index in [-0.39, 0.29) is 18.2 Å². The number of ether oxygens (including phenoxy) is 1. The summed E-state index contributed by atoms with van der Waals surface area (Å²) in [5.74, 6) is 0.379. The highest BCUT2D eigenvalue weighted by Gasteiger charge is 2.13. The van der Waals surface area contributed by atoms with Crippen LogP contribution < -0.4 is 10.1 Å². The van der Waals surface area contributed by atoms with Crippen molar-refractivity contribution in [3.63, 3.8) is 0 Å². The zero-order valence-corrected chi connectivity index (χ0v) is 17.1. The number of aromatic nitrogens is 1. The van der Waals surface area contributed by atoms with Crippen LogP contribution in [0.5, 0.6) is 5.75 Å². The van der Waals surface area contributed by atoms with Crippen LogP contribution in [-0.2, 0) is 12.3 Å². The van der Waals surface area contributed by atoms with Crippen molar-refractivity contribution in [1.29, 1.82) is 0 Å². The smallest absolute Gasteiger partial charge is 0.387 e. The molecule has 0 atom stereocenters. The van der Waals surface area contributed by atoms with Gasteiger partial charge in [-0.25, -0.2) is 4.98 Å². The van der Waals surface area contributed by atoms with Gasteiger partial charge in [0, 0.05) is 17.9 Å². The number of carbonyl (C=O) groups excluding carboxylic acids is 1. The first kappa shape index (κ1) is 20.9. The molecule has 0 unspecified atom stereocenters. The van der Waals surface area contributed by atoms with Crippen molar-refractivity contribution in [2.24, 2.45) is 0 Å². The topological polar surface area (TPSA) is 64.4 Å². The maximum Gasteiger partial charge on any atom is 0.387 e. The zero-order valence-electron chi connectivity index (χ0n) is 16.3. The van der Waals surface area contributed by atoms with E-state index in [4.69, 9.17) is 4.42 Å². The van der Waals surface area contributed by atoms with Gasteiger partial charge in [0.2, 0.25) is 0 Å². The second-order valence-corrected chi connectivity index (χ2v) is 7.53. The Labute approximate surface area is 181 Å². The third kappa shape index (κ3) is 5.40. The van der Waals surface area contributed by atoms with E-state index in [0.29, 0.717) is 16.5 Å². The van der Waals surface area contributed by atoms with Crippen LogP contribution >= 0.6 is 11.8 Å². The third-order valence-corrected chi connectivity index (χ3v) is 5.37. The lowest BCUT2D eigenvalue weighted by Gasteiger charge is -2.10. The first-order valence-corrected chi connectivity index (χ1v) is 10.5. The molecule has 0 fully saturated rings. The second kappa shape index (κ2) is 9.61. The fraction of sp³-hybridized carbons (Fsp3) is 0.130. The number of nitrogens with zero attached hydrogens (tertiary/aromatic N) is 1. The SMILES string of the molecule is O=C(NCc1ccc(OC(F)F)cc1)c1ccccc1CSc1nc2ccccc2o1. The Bertz CT molecular complexity index is 1150. The molecule has 0 bridgehead atoms. The van der Waals surface area contributed by atoms with Gasteiger partial charge in [-0.2, -0.15) is 8.78 Å². The average Bonchev–Trinajstić information content (AvgIpc) is 3.20. The van der Waals surface area contributed by atoms with E-state index in [1.807, 2.05) is 36.4 Å². The standard InChI is InChI=1S/C23H18F2N2O3S/c24-22(25)29-17-11-9-15(10-12-17)13-26-21(28)18-6-2-1-5-16(18)14-31-23-27-19-7-3-4-8-20(19)30-23/h1-12,22H,13-14H2,(H,26,28). The van der Waals surface area contributed by atoms with E-state index in [9.17, 15) is 13.6 Å². The van der Waals surface area contributed by atoms with Gasteiger partial charge in [0.25, 0.3) is 11.1 Å². The Morgan fingerprint density at radius 2 is 1.77 bits per heavy atom. The fourth-order valence-electron chi connectivity index (χ4n) is 2.99. The largest absolute Gasteiger partial charge is 0.435 e. The van der Waals surface area contributed by atoms with Crippen LogP contribution in [0, 0.1) is 0 Å². The normalized spacial score (nSPS) is 11.1. The average molecular weight is 440 g/mol. The van der Waals surface area contributed by atoms with E-state index in [1.165, 1.54) is 23.9 Å². The number of hydrogen-bond donors (Lipinski definition) is 1. The van der Waals surface area contributed by atoms with Gasteiger partial charge in [-0.3, -0.25) is 4.79 Å². The van der Waals surface area contributed by atoms with E-state index in [1.54, 1.807) is 24.3 Å². The van der Waals surface area contributed by atoms with Gasteiger partial charge in [-0.15, -0.1) is 0 Å². The quantitative estimate of drug-likeness (QED) is 0.359. The van der Waals surface area contributed by atoms with Gasteiger partial charge < -0.3 is 14.5 Å². The Morgan fingerprint density at radius 1 is 1.03 bits per heavy atom. The Balaban J connectivity index is 1.38. The van der Waals surface area contributed by atoms with Crippen LogP contribution in [0.15, 0.2) is 82.4 Å². The molecule has 0 radical (unpaired) electrons. The molecule has 4 rings (SSSR count). The number of halogens is 2. The fourth-order valence-corrected chi connectivity index (χ4v) is 3.83. The molecule has 0 saturated carbocycles. The zero-order chi connectivity index (χ0) is 21.6. The molecule has 0 aliphatic carbocycles. The molecular formula is C23H18F2N2O3S. The minimum absolute atomic E-state index is 0.0756. The highest BCUT2D eigenvalue weighted by molar-refractivity contribution is 7.98. The Morgan fingerprint density at radius 3 is 2.55 bits per heavy atom. The van der Waals surface area contributed by atoms with Gasteiger partial charge in [0.05, 0.1) is 0 Å². The summed E-state index contributed by atoms with van der Waals surface area (Å²) in [5.41, 5.74) is 3.70. The molecule has 1 N–H and O–H groups in total. The van der Waals surface area contributed by atoms with E-state index >= 15 is 0 Å². The van der Waals surface area contributed by atoms with Crippen LogP contribution in [0.3, 0.4) is 0 Å². The van der Waals surface area contributed by atoms with Crippen molar-refractivity contribution in [2.75, 3.05) is 0 Å². The molecule has 31 heavy (non-hydrogen) atoms. The first-order chi connectivity index (χ1) is 15.1. The number of thioether (sulfide) groups is 1. The summed E-state index contributed by atoms with van der Waals surface area (Å²) in [6, 6.07) is 21.0. The first-order valence-electron chi connectivity index (χ1n) is 9.47. The van der Waals surface area contributed by atoms with E-state index in [0.717, 1.165) is 22.2 Å². The molecule has 3 aromatic carbocycles. The molecule has 4 aromatic rings. The Kier molecular flexibility index (Phi) is 6.47. The number of oxazole rings is 1. The Hall–Kier alpha value is -3.39. The van der Waals surface area contributed by atoms with E-state index in [2.05, 4.69) is 15.0 Å². The minimum atomic E-state index is -2.87. The van der Waals surface area contributed by atoms with Gasteiger partial charge in [-0.05, 0) is 41.5 Å². The number of benzene rings is 3. The molecule has 0 saturated heterocycles. The maximum atomic E-state index is 12.7. The highest BCUT2D eigenvalue weighted by atomic mass is 32.2. The molecule has 0 aliphatic rings. The second-order valence-electron chi connectivity index (χ2n) is 6.60. The summed E-state index contributed by atoms with van der Waals surface area (Å²) < 4.78 is 34.5. The van der Waals surface area contributed by atoms with Crippen LogP contribution in [0.25, 0.3) is 11.1 Å². The van der Waals surface area contributed by atoms with Gasteiger partial charge in [0.1, 0.15) is 11.3 Å². The molecule has 5 nitrogen and oxygen atoms in total. The highest BCUT2D eigenvalue weighted by Crippen LogP contribution is 2.27. The van der Waals surface area contributed by atoms with Crippen LogP contribution in [0.4, 0.5) is 8.78 Å². The summed E-state index contributed by atoms with van der Waals surface area (Å²) in [6.07, 6.45) is 0. The molecule has 8 heteroatoms. The summed E-state index contributed by atoms with van der Waals surface area (Å²) in [6.45, 7) is -2.60. The van der Waals surface area contributed by atoms with Crippen molar-refractivity contribution in [2.45, 2.75) is 24.1 Å². The predicted octanol–water partition coefficient (Wildman–Crippen LogP) is 5.65. The summed E-state index contributed by atoms with van der Waals surface area (Å²) in [4.78, 5) is 17.2. The van der Waals surface area contributed by atoms with Crippen molar-refractivity contribution in [3.8, 4) is 5.75 Å². The summed E-state index contributed by atoms with van der Waals surface area (Å²) >= 11 is 1.42. The lowest BCUT2D eigenvalue weighted by atomic mass is 10.1. The van der Waals surface area contributed by atoms with Crippen molar-refractivity contribution < 1.29 is 22.7 Å². The molecule has 0 aliphatic heterocycles. The molecule has 158 valence electrons. The van der Waals surface area contributed by atoms with Crippen LogP contribution in [0.1, 0.15) is 21.5 Å². The van der Waals surface area contributed by atoms with Crippen molar-refractivity contribution >= 4 is 28.8 Å². The summed E-state index contributed by atoms with van der Waals surface area (Å²) in [5, 5.41) is 3.40. The molecule has 1 aromatic heterocycles. The number of amides is 1. The molecular weight excluding hydrogens is 422 g/mol. The van der Waals surface area contributed by atoms with Crippen molar-refractivity contribution in [3.05, 3.63) is 89.5 Å². The van der Waals surface area contributed by atoms with Gasteiger partial charge >= 0.3 is 6.61 Å². The number of nitrogens with one attached hydrogen (secondary N) is 1. The predicted molar refractivity (Wildman–Crippen MR) is 114 cm³/mol. The molecule has 1 heterocycles. The number of carbonyl (C=O) groups is 1. The van der Waals surface area contributed by atoms with E-state index < -0.39 is 6.61 Å². The summed E-state index contributed by atoms with van der Waals surface area (Å²) in [7, 11) is 0. The van der Waals surface area contributed by atoms with Crippen LogP contribution in [-0.4, -0.2) is 17.5 Å². The third-order valence-electron chi connectivity index (χ3n) is 4.49. The lowest BCUT2D eigenvalue weighted by molar-refractivity contribution is -0.0498. The minimum Gasteiger partial charge on any atom is -0.435 e. The van der Waals surface area contributed by atoms with Gasteiger partial charge in [-0.1, -0.05) is 54.2 Å². The molecule has 1 amide bonds. The number of para-hydroxylation sites is 2. The number of rotatable bonds is 8. The maximum absolute atomic E-state index is 12.7. The number of hydrogen-bond acceptors (Lipinski definition) is 5.